The van der Waals surface area contributed by atoms with E-state index in [0.717, 1.165) is 24.3 Å². The van der Waals surface area contributed by atoms with E-state index in [9.17, 15) is 0 Å². The Labute approximate surface area is 112 Å². The molecule has 5 nitrogen and oxygen atoms in total. The molecule has 0 saturated heterocycles. The summed E-state index contributed by atoms with van der Waals surface area (Å²) in [6.07, 6.45) is 1.59. The molecule has 0 bridgehead atoms. The average molecular weight is 256 g/mol. The number of nitrogens with zero attached hydrogens (tertiary/aromatic N) is 4. The maximum absolute atomic E-state index is 8.89. The number of benzene rings is 1. The highest BCUT2D eigenvalue weighted by Gasteiger charge is 2.09. The minimum absolute atomic E-state index is 0.423. The van der Waals surface area contributed by atoms with E-state index in [1.165, 1.54) is 0 Å². The Balaban J connectivity index is 1.83. The molecule has 0 fully saturated rings. The van der Waals surface area contributed by atoms with Gasteiger partial charge in [-0.05, 0) is 18.6 Å². The van der Waals surface area contributed by atoms with Crippen molar-refractivity contribution in [1.82, 2.24) is 15.0 Å². The Morgan fingerprint density at radius 3 is 2.79 bits per heavy atom. The minimum Gasteiger partial charge on any atom is -0.494 e. The molecule has 0 saturated carbocycles. The van der Waals surface area contributed by atoms with Gasteiger partial charge in [-0.1, -0.05) is 30.3 Å². The van der Waals surface area contributed by atoms with Crippen molar-refractivity contribution in [2.45, 2.75) is 26.3 Å². The van der Waals surface area contributed by atoms with Crippen molar-refractivity contribution in [1.29, 1.82) is 5.26 Å². The van der Waals surface area contributed by atoms with Crippen molar-refractivity contribution in [3.05, 3.63) is 41.7 Å². The molecule has 19 heavy (non-hydrogen) atoms. The molecule has 0 N–H and O–H groups in total. The van der Waals surface area contributed by atoms with E-state index in [4.69, 9.17) is 10.00 Å². The molecule has 0 amide bonds. The molecule has 1 heterocycles. The highest BCUT2D eigenvalue weighted by atomic mass is 16.5. The highest BCUT2D eigenvalue weighted by molar-refractivity contribution is 5.24. The summed E-state index contributed by atoms with van der Waals surface area (Å²) < 4.78 is 7.39. The van der Waals surface area contributed by atoms with Gasteiger partial charge in [0.25, 0.3) is 0 Å². The number of hydrogen-bond donors (Lipinski definition) is 0. The van der Waals surface area contributed by atoms with E-state index in [2.05, 4.69) is 16.4 Å². The van der Waals surface area contributed by atoms with Gasteiger partial charge in [0.1, 0.15) is 11.8 Å². The predicted octanol–water partition coefficient (Wildman–Crippen LogP) is 2.18. The van der Waals surface area contributed by atoms with E-state index in [-0.39, 0.29) is 0 Å². The van der Waals surface area contributed by atoms with Gasteiger partial charge in [0.2, 0.25) is 0 Å². The number of aryl methyl sites for hydroxylation is 1. The monoisotopic (exact) mass is 256 g/mol. The zero-order chi connectivity index (χ0) is 13.5. The Morgan fingerprint density at radius 1 is 1.32 bits per heavy atom. The molecule has 0 spiro atoms. The first kappa shape index (κ1) is 13.1. The fraction of sp³-hybridized carbons (Fsp3) is 0.357. The smallest absolute Gasteiger partial charge is 0.185 e. The normalized spacial score (nSPS) is 10.1. The summed E-state index contributed by atoms with van der Waals surface area (Å²) in [6.45, 7) is 3.33. The van der Waals surface area contributed by atoms with Crippen molar-refractivity contribution in [3.8, 4) is 11.8 Å². The summed E-state index contributed by atoms with van der Waals surface area (Å²) >= 11 is 0. The number of ether oxygens (including phenoxy) is 1. The average Bonchev–Trinajstić information content (AvgIpc) is 2.86. The number of hydrogen-bond acceptors (Lipinski definition) is 4. The van der Waals surface area contributed by atoms with Crippen molar-refractivity contribution in [2.75, 3.05) is 6.61 Å². The lowest BCUT2D eigenvalue weighted by molar-refractivity contribution is 0.297. The Kier molecular flexibility index (Phi) is 4.51. The topological polar surface area (TPSA) is 63.7 Å². The van der Waals surface area contributed by atoms with Gasteiger partial charge in [0.15, 0.2) is 5.69 Å². The minimum atomic E-state index is 0.423. The zero-order valence-electron chi connectivity index (χ0n) is 10.9. The van der Waals surface area contributed by atoms with Crippen molar-refractivity contribution >= 4 is 0 Å². The van der Waals surface area contributed by atoms with Crippen molar-refractivity contribution in [2.24, 2.45) is 0 Å². The Hall–Kier alpha value is -2.35. The van der Waals surface area contributed by atoms with Gasteiger partial charge >= 0.3 is 0 Å². The van der Waals surface area contributed by atoms with Crippen LogP contribution in [0.2, 0.25) is 0 Å². The van der Waals surface area contributed by atoms with Crippen molar-refractivity contribution in [3.63, 3.8) is 0 Å². The molecular formula is C14H16N4O. The van der Waals surface area contributed by atoms with Crippen LogP contribution in [0, 0.1) is 11.3 Å². The molecule has 0 aliphatic rings. The van der Waals surface area contributed by atoms with Gasteiger partial charge in [0, 0.05) is 13.0 Å². The fourth-order valence-corrected chi connectivity index (χ4v) is 1.87. The number of nitriles is 1. The van der Waals surface area contributed by atoms with Crippen LogP contribution in [0.4, 0.5) is 0 Å². The first-order valence-electron chi connectivity index (χ1n) is 6.35. The van der Waals surface area contributed by atoms with E-state index in [1.54, 1.807) is 4.68 Å². The van der Waals surface area contributed by atoms with E-state index in [0.29, 0.717) is 18.8 Å². The van der Waals surface area contributed by atoms with Gasteiger partial charge in [-0.15, -0.1) is 5.10 Å². The van der Waals surface area contributed by atoms with E-state index >= 15 is 0 Å². The molecule has 0 unspecified atom stereocenters. The molecule has 98 valence electrons. The molecule has 2 rings (SSSR count). The van der Waals surface area contributed by atoms with Crippen LogP contribution < -0.4 is 4.74 Å². The third kappa shape index (κ3) is 3.32. The SMILES string of the molecule is CCc1c(C#N)nnn1CCCOc1ccccc1. The van der Waals surface area contributed by atoms with Crippen LogP contribution in [0.3, 0.4) is 0 Å². The third-order valence-electron chi connectivity index (χ3n) is 2.80. The maximum atomic E-state index is 8.89. The summed E-state index contributed by atoms with van der Waals surface area (Å²) in [5.74, 6) is 0.870. The van der Waals surface area contributed by atoms with Crippen LogP contribution in [-0.2, 0) is 13.0 Å². The second kappa shape index (κ2) is 6.55. The van der Waals surface area contributed by atoms with Crippen LogP contribution in [0.1, 0.15) is 24.7 Å². The summed E-state index contributed by atoms with van der Waals surface area (Å²) in [6, 6.07) is 11.8. The summed E-state index contributed by atoms with van der Waals surface area (Å²) in [5, 5.41) is 16.7. The maximum Gasteiger partial charge on any atom is 0.185 e. The summed E-state index contributed by atoms with van der Waals surface area (Å²) in [4.78, 5) is 0. The number of aromatic nitrogens is 3. The van der Waals surface area contributed by atoms with Crippen LogP contribution in [0.5, 0.6) is 5.75 Å². The van der Waals surface area contributed by atoms with Crippen LogP contribution in [0.15, 0.2) is 30.3 Å². The standard InChI is InChI=1S/C14H16N4O/c1-2-14-13(11-15)16-17-18(14)9-6-10-19-12-7-4-3-5-8-12/h3-5,7-8H,2,6,9-10H2,1H3. The lowest BCUT2D eigenvalue weighted by Crippen LogP contribution is -2.09. The first-order chi connectivity index (χ1) is 9.35. The lowest BCUT2D eigenvalue weighted by Gasteiger charge is -2.07. The highest BCUT2D eigenvalue weighted by Crippen LogP contribution is 2.09. The molecule has 2 aromatic rings. The lowest BCUT2D eigenvalue weighted by atomic mass is 10.2. The zero-order valence-corrected chi connectivity index (χ0v) is 10.9. The van der Waals surface area contributed by atoms with Crippen LogP contribution in [-0.4, -0.2) is 21.6 Å². The van der Waals surface area contributed by atoms with Gasteiger partial charge < -0.3 is 4.74 Å². The molecule has 1 aromatic carbocycles. The Morgan fingerprint density at radius 2 is 2.11 bits per heavy atom. The van der Waals surface area contributed by atoms with Gasteiger partial charge in [-0.3, -0.25) is 0 Å². The molecular weight excluding hydrogens is 240 g/mol. The first-order valence-corrected chi connectivity index (χ1v) is 6.35. The molecule has 0 aliphatic carbocycles. The number of para-hydroxylation sites is 1. The van der Waals surface area contributed by atoms with Gasteiger partial charge in [-0.25, -0.2) is 4.68 Å². The third-order valence-corrected chi connectivity index (χ3v) is 2.80. The number of rotatable bonds is 6. The van der Waals surface area contributed by atoms with Crippen LogP contribution >= 0.6 is 0 Å². The van der Waals surface area contributed by atoms with Gasteiger partial charge in [-0.2, -0.15) is 5.26 Å². The second-order valence-electron chi connectivity index (χ2n) is 4.09. The van der Waals surface area contributed by atoms with E-state index < -0.39 is 0 Å². The van der Waals surface area contributed by atoms with Crippen LogP contribution in [0.25, 0.3) is 0 Å². The Bertz CT molecular complexity index is 557. The second-order valence-corrected chi connectivity index (χ2v) is 4.09. The molecule has 0 radical (unpaired) electrons. The largest absolute Gasteiger partial charge is 0.494 e. The summed E-state index contributed by atoms with van der Waals surface area (Å²) in [7, 11) is 0. The van der Waals surface area contributed by atoms with Crippen molar-refractivity contribution < 1.29 is 4.74 Å². The molecule has 0 atom stereocenters. The predicted molar refractivity (Wildman–Crippen MR) is 70.7 cm³/mol. The quantitative estimate of drug-likeness (QED) is 0.743. The van der Waals surface area contributed by atoms with Gasteiger partial charge in [0.05, 0.1) is 12.3 Å². The van der Waals surface area contributed by atoms with E-state index in [1.807, 2.05) is 37.3 Å². The summed E-state index contributed by atoms with van der Waals surface area (Å²) in [5.41, 5.74) is 1.31. The molecule has 5 heteroatoms. The fourth-order valence-electron chi connectivity index (χ4n) is 1.87. The molecule has 0 aliphatic heterocycles. The molecule has 1 aromatic heterocycles.